The highest BCUT2D eigenvalue weighted by Gasteiger charge is 2.37. The molecule has 1 aromatic rings. The molecule has 0 saturated carbocycles. The van der Waals surface area contributed by atoms with Gasteiger partial charge in [0.15, 0.2) is 0 Å². The standard InChI is InChI=1S/C12H11F3N2O/c13-12(14,15)8-1-2-16-9-6-11-10(5-7(8)9)17-3-4-18-11/h1,5-6,16-17H,2-4H2. The SMILES string of the molecule is FC(F)(F)C1=CCNc2cc3c(cc21)NCCO3. The van der Waals surface area contributed by atoms with Crippen LogP contribution in [0.15, 0.2) is 18.2 Å². The maximum absolute atomic E-state index is 12.9. The van der Waals surface area contributed by atoms with Gasteiger partial charge in [0, 0.05) is 30.4 Å². The molecule has 3 rings (SSSR count). The third-order valence-electron chi connectivity index (χ3n) is 2.99. The van der Waals surface area contributed by atoms with Gasteiger partial charge in [-0.1, -0.05) is 6.08 Å². The number of rotatable bonds is 0. The van der Waals surface area contributed by atoms with Crippen LogP contribution >= 0.6 is 0 Å². The molecule has 0 atom stereocenters. The van der Waals surface area contributed by atoms with Gasteiger partial charge in [-0.3, -0.25) is 0 Å². The first-order chi connectivity index (χ1) is 8.55. The predicted octanol–water partition coefficient (Wildman–Crippen LogP) is 2.86. The number of fused-ring (bicyclic) bond motifs is 2. The minimum atomic E-state index is -4.33. The van der Waals surface area contributed by atoms with E-state index in [2.05, 4.69) is 10.6 Å². The molecular weight excluding hydrogens is 245 g/mol. The molecule has 18 heavy (non-hydrogen) atoms. The molecule has 96 valence electrons. The molecule has 0 aromatic heterocycles. The Morgan fingerprint density at radius 1 is 1.11 bits per heavy atom. The van der Waals surface area contributed by atoms with Gasteiger partial charge in [0.1, 0.15) is 12.4 Å². The van der Waals surface area contributed by atoms with E-state index < -0.39 is 11.7 Å². The number of allylic oxidation sites excluding steroid dienone is 1. The molecule has 0 aliphatic carbocycles. The fourth-order valence-electron chi connectivity index (χ4n) is 2.19. The summed E-state index contributed by atoms with van der Waals surface area (Å²) in [6.45, 7) is 1.30. The normalized spacial score (nSPS) is 17.6. The summed E-state index contributed by atoms with van der Waals surface area (Å²) >= 11 is 0. The van der Waals surface area contributed by atoms with Crippen molar-refractivity contribution in [3.8, 4) is 5.75 Å². The molecule has 2 aliphatic heterocycles. The maximum atomic E-state index is 12.9. The van der Waals surface area contributed by atoms with Gasteiger partial charge in [0.05, 0.1) is 11.3 Å². The summed E-state index contributed by atoms with van der Waals surface area (Å²) in [6.07, 6.45) is -3.17. The largest absolute Gasteiger partial charge is 0.490 e. The van der Waals surface area contributed by atoms with Gasteiger partial charge in [-0.15, -0.1) is 0 Å². The highest BCUT2D eigenvalue weighted by molar-refractivity contribution is 5.86. The molecule has 3 nitrogen and oxygen atoms in total. The first-order valence-corrected chi connectivity index (χ1v) is 5.62. The van der Waals surface area contributed by atoms with Gasteiger partial charge in [-0.2, -0.15) is 13.2 Å². The Morgan fingerprint density at radius 2 is 1.94 bits per heavy atom. The molecule has 6 heteroatoms. The van der Waals surface area contributed by atoms with Crippen molar-refractivity contribution in [2.75, 3.05) is 30.3 Å². The van der Waals surface area contributed by atoms with Crippen molar-refractivity contribution >= 4 is 16.9 Å². The number of ether oxygens (including phenoxy) is 1. The smallest absolute Gasteiger partial charge is 0.416 e. The zero-order valence-corrected chi connectivity index (χ0v) is 9.40. The summed E-state index contributed by atoms with van der Waals surface area (Å²) in [4.78, 5) is 0. The van der Waals surface area contributed by atoms with Crippen molar-refractivity contribution in [2.45, 2.75) is 6.18 Å². The van der Waals surface area contributed by atoms with E-state index in [0.29, 0.717) is 30.3 Å². The van der Waals surface area contributed by atoms with Crippen LogP contribution in [-0.4, -0.2) is 25.9 Å². The lowest BCUT2D eigenvalue weighted by Gasteiger charge is -2.26. The molecule has 0 amide bonds. The molecular formula is C12H11F3N2O. The highest BCUT2D eigenvalue weighted by atomic mass is 19.4. The summed E-state index contributed by atoms with van der Waals surface area (Å²) in [5.41, 5.74) is 0.656. The lowest BCUT2D eigenvalue weighted by Crippen LogP contribution is -2.21. The summed E-state index contributed by atoms with van der Waals surface area (Å²) in [5.74, 6) is 0.593. The lowest BCUT2D eigenvalue weighted by molar-refractivity contribution is -0.0690. The monoisotopic (exact) mass is 256 g/mol. The Morgan fingerprint density at radius 3 is 2.72 bits per heavy atom. The topological polar surface area (TPSA) is 33.3 Å². The lowest BCUT2D eigenvalue weighted by atomic mass is 9.98. The fraction of sp³-hybridized carbons (Fsp3) is 0.333. The third-order valence-corrected chi connectivity index (χ3v) is 2.99. The Bertz CT molecular complexity index is 523. The molecule has 0 spiro atoms. The minimum absolute atomic E-state index is 0.172. The van der Waals surface area contributed by atoms with Crippen LogP contribution in [0.4, 0.5) is 24.5 Å². The van der Waals surface area contributed by atoms with Crippen molar-refractivity contribution < 1.29 is 17.9 Å². The van der Waals surface area contributed by atoms with E-state index in [1.54, 1.807) is 6.07 Å². The predicted molar refractivity (Wildman–Crippen MR) is 62.9 cm³/mol. The van der Waals surface area contributed by atoms with E-state index in [1.165, 1.54) is 12.1 Å². The maximum Gasteiger partial charge on any atom is 0.416 e. The van der Waals surface area contributed by atoms with Gasteiger partial charge >= 0.3 is 6.18 Å². The number of anilines is 2. The average Bonchev–Trinajstić information content (AvgIpc) is 2.34. The minimum Gasteiger partial charge on any atom is -0.490 e. The van der Waals surface area contributed by atoms with Crippen LogP contribution in [0, 0.1) is 0 Å². The number of benzene rings is 1. The van der Waals surface area contributed by atoms with Gasteiger partial charge < -0.3 is 15.4 Å². The number of nitrogens with one attached hydrogen (secondary N) is 2. The summed E-state index contributed by atoms with van der Waals surface area (Å²) in [7, 11) is 0. The van der Waals surface area contributed by atoms with E-state index in [0.717, 1.165) is 0 Å². The van der Waals surface area contributed by atoms with Crippen LogP contribution in [0.3, 0.4) is 0 Å². The van der Waals surface area contributed by atoms with Crippen molar-refractivity contribution in [1.29, 1.82) is 0 Å². The molecule has 2 heterocycles. The summed E-state index contributed by atoms with van der Waals surface area (Å²) in [6, 6.07) is 3.12. The quantitative estimate of drug-likeness (QED) is 0.748. The number of alkyl halides is 3. The third kappa shape index (κ3) is 1.77. The summed E-state index contributed by atoms with van der Waals surface area (Å²) < 4.78 is 44.1. The van der Waals surface area contributed by atoms with Gasteiger partial charge in [-0.05, 0) is 6.07 Å². The highest BCUT2D eigenvalue weighted by Crippen LogP contribution is 2.43. The van der Waals surface area contributed by atoms with Crippen LogP contribution in [0.5, 0.6) is 5.75 Å². The Kier molecular flexibility index (Phi) is 2.39. The second kappa shape index (κ2) is 3.83. The Hall–Kier alpha value is -1.85. The number of halogens is 3. The first-order valence-electron chi connectivity index (χ1n) is 5.62. The van der Waals surface area contributed by atoms with Crippen LogP contribution < -0.4 is 15.4 Å². The van der Waals surface area contributed by atoms with E-state index in [9.17, 15) is 13.2 Å². The van der Waals surface area contributed by atoms with Crippen LogP contribution in [-0.2, 0) is 0 Å². The Labute approximate surface area is 102 Å². The molecule has 0 fully saturated rings. The van der Waals surface area contributed by atoms with Crippen molar-refractivity contribution in [2.24, 2.45) is 0 Å². The van der Waals surface area contributed by atoms with Crippen molar-refractivity contribution in [3.05, 3.63) is 23.8 Å². The van der Waals surface area contributed by atoms with Gasteiger partial charge in [0.25, 0.3) is 0 Å². The molecule has 2 N–H and O–H groups in total. The number of hydrogen-bond donors (Lipinski definition) is 2. The Balaban J connectivity index is 2.11. The van der Waals surface area contributed by atoms with E-state index in [1.807, 2.05) is 0 Å². The molecule has 0 saturated heterocycles. The zero-order chi connectivity index (χ0) is 12.8. The van der Waals surface area contributed by atoms with Gasteiger partial charge in [-0.25, -0.2) is 0 Å². The van der Waals surface area contributed by atoms with E-state index in [-0.39, 0.29) is 12.1 Å². The molecule has 0 unspecified atom stereocenters. The van der Waals surface area contributed by atoms with Crippen LogP contribution in [0.2, 0.25) is 0 Å². The van der Waals surface area contributed by atoms with E-state index >= 15 is 0 Å². The second-order valence-corrected chi connectivity index (χ2v) is 4.17. The number of hydrogen-bond acceptors (Lipinski definition) is 3. The van der Waals surface area contributed by atoms with Gasteiger partial charge in [0.2, 0.25) is 0 Å². The molecule has 1 aromatic carbocycles. The molecule has 0 radical (unpaired) electrons. The van der Waals surface area contributed by atoms with Crippen molar-refractivity contribution in [3.63, 3.8) is 0 Å². The molecule has 0 bridgehead atoms. The first kappa shape index (κ1) is 11.3. The van der Waals surface area contributed by atoms with Crippen molar-refractivity contribution in [1.82, 2.24) is 0 Å². The average molecular weight is 256 g/mol. The second-order valence-electron chi connectivity index (χ2n) is 4.17. The molecule has 2 aliphatic rings. The summed E-state index contributed by atoms with van der Waals surface area (Å²) in [5, 5.41) is 5.97. The fourth-order valence-corrected chi connectivity index (χ4v) is 2.19. The van der Waals surface area contributed by atoms with Crippen LogP contribution in [0.25, 0.3) is 5.57 Å². The van der Waals surface area contributed by atoms with Crippen LogP contribution in [0.1, 0.15) is 5.56 Å². The van der Waals surface area contributed by atoms with E-state index in [4.69, 9.17) is 4.74 Å². The zero-order valence-electron chi connectivity index (χ0n) is 9.40.